The van der Waals surface area contributed by atoms with Crippen molar-refractivity contribution in [3.63, 3.8) is 0 Å². The minimum absolute atomic E-state index is 0.0950. The lowest BCUT2D eigenvalue weighted by molar-refractivity contribution is -0.140. The Balaban J connectivity index is 1.46. The largest absolute Gasteiger partial charge is 0.434 e. The number of amides is 1. The van der Waals surface area contributed by atoms with E-state index in [-0.39, 0.29) is 24.2 Å². The lowest BCUT2D eigenvalue weighted by Gasteiger charge is -2.34. The second-order valence-corrected chi connectivity index (χ2v) is 9.56. The zero-order valence-electron chi connectivity index (χ0n) is 21.4. The molecule has 0 N–H and O–H groups in total. The maximum Gasteiger partial charge on any atom is 0.434 e. The lowest BCUT2D eigenvalue weighted by atomic mass is 10.0. The molecule has 8 nitrogen and oxygen atoms in total. The number of benzene rings is 1. The molecule has 0 spiro atoms. The second kappa shape index (κ2) is 9.55. The van der Waals surface area contributed by atoms with Crippen molar-refractivity contribution in [1.29, 1.82) is 0 Å². The number of halogens is 3. The van der Waals surface area contributed by atoms with Gasteiger partial charge in [0.2, 0.25) is 5.91 Å². The van der Waals surface area contributed by atoms with Gasteiger partial charge in [0, 0.05) is 44.2 Å². The maximum absolute atomic E-state index is 13.1. The van der Waals surface area contributed by atoms with Gasteiger partial charge < -0.3 is 14.4 Å². The van der Waals surface area contributed by atoms with Crippen LogP contribution in [0.3, 0.4) is 0 Å². The smallest absolute Gasteiger partial charge is 0.341 e. The van der Waals surface area contributed by atoms with Crippen molar-refractivity contribution in [2.45, 2.75) is 32.5 Å². The molecule has 1 aliphatic heterocycles. The first-order valence-corrected chi connectivity index (χ1v) is 12.1. The van der Waals surface area contributed by atoms with E-state index in [0.29, 0.717) is 29.4 Å². The highest BCUT2D eigenvalue weighted by Crippen LogP contribution is 2.35. The third-order valence-corrected chi connectivity index (χ3v) is 6.49. The van der Waals surface area contributed by atoms with Gasteiger partial charge in [-0.2, -0.15) is 13.2 Å². The summed E-state index contributed by atoms with van der Waals surface area (Å²) in [4.78, 5) is 33.8. The number of anilines is 2. The Morgan fingerprint density at radius 3 is 2.42 bits per heavy atom. The molecule has 1 amide bonds. The van der Waals surface area contributed by atoms with Gasteiger partial charge in [-0.05, 0) is 23.6 Å². The highest BCUT2D eigenvalue weighted by molar-refractivity contribution is 6.01. The van der Waals surface area contributed by atoms with Crippen LogP contribution in [0.4, 0.5) is 24.7 Å². The van der Waals surface area contributed by atoms with E-state index in [0.717, 1.165) is 23.0 Å². The van der Waals surface area contributed by atoms with E-state index in [2.05, 4.69) is 28.8 Å². The van der Waals surface area contributed by atoms with E-state index in [4.69, 9.17) is 4.98 Å². The summed E-state index contributed by atoms with van der Waals surface area (Å²) >= 11 is 0. The van der Waals surface area contributed by atoms with Gasteiger partial charge in [-0.25, -0.2) is 15.0 Å². The zero-order chi connectivity index (χ0) is 27.2. The van der Waals surface area contributed by atoms with Crippen LogP contribution in [0, 0.1) is 0 Å². The summed E-state index contributed by atoms with van der Waals surface area (Å²) in [5.74, 6) is 1.45. The van der Waals surface area contributed by atoms with Gasteiger partial charge in [0.05, 0.1) is 18.4 Å². The fourth-order valence-corrected chi connectivity index (χ4v) is 4.49. The molecule has 0 aliphatic carbocycles. The highest BCUT2D eigenvalue weighted by Gasteiger charge is 2.34. The van der Waals surface area contributed by atoms with Gasteiger partial charge in [-0.3, -0.25) is 9.78 Å². The molecule has 0 unspecified atom stereocenters. The number of hydrogen-bond acceptors (Lipinski definition) is 6. The summed E-state index contributed by atoms with van der Waals surface area (Å²) < 4.78 is 40.6. The number of rotatable bonds is 5. The predicted molar refractivity (Wildman–Crippen MR) is 137 cm³/mol. The van der Waals surface area contributed by atoms with Crippen LogP contribution in [0.25, 0.3) is 22.8 Å². The molecule has 5 rings (SSSR count). The SMILES string of the molecule is CC(C)c1ncccc1-c1ncc2c(n1)N(Cc1ccc(-c3nc(C(F)(F)F)cn3C)cc1)CC(=O)N2C. The summed E-state index contributed by atoms with van der Waals surface area (Å²) in [6.07, 6.45) is -0.139. The average molecular weight is 522 g/mol. The summed E-state index contributed by atoms with van der Waals surface area (Å²) in [6.45, 7) is 4.62. The average Bonchev–Trinajstić information content (AvgIpc) is 3.29. The number of aromatic nitrogens is 5. The normalized spacial score (nSPS) is 13.8. The van der Waals surface area contributed by atoms with E-state index in [1.54, 1.807) is 36.5 Å². The molecule has 4 heterocycles. The van der Waals surface area contributed by atoms with Crippen LogP contribution < -0.4 is 9.80 Å². The molecule has 4 aromatic rings. The third kappa shape index (κ3) is 4.71. The highest BCUT2D eigenvalue weighted by atomic mass is 19.4. The van der Waals surface area contributed by atoms with Crippen LogP contribution in [-0.4, -0.2) is 44.0 Å². The fourth-order valence-electron chi connectivity index (χ4n) is 4.49. The summed E-state index contributed by atoms with van der Waals surface area (Å²) in [6, 6.07) is 10.9. The van der Waals surface area contributed by atoms with Crippen molar-refractivity contribution >= 4 is 17.4 Å². The molecule has 0 atom stereocenters. The Bertz CT molecular complexity index is 1500. The van der Waals surface area contributed by atoms with Crippen LogP contribution in [0.5, 0.6) is 0 Å². The van der Waals surface area contributed by atoms with Crippen LogP contribution in [0.1, 0.15) is 36.7 Å². The molecule has 11 heteroatoms. The zero-order valence-corrected chi connectivity index (χ0v) is 21.4. The molecule has 1 aromatic carbocycles. The lowest BCUT2D eigenvalue weighted by Crippen LogP contribution is -2.44. The third-order valence-electron chi connectivity index (χ3n) is 6.49. The van der Waals surface area contributed by atoms with Gasteiger partial charge >= 0.3 is 6.18 Å². The second-order valence-electron chi connectivity index (χ2n) is 9.56. The maximum atomic E-state index is 13.1. The number of carbonyl (C=O) groups excluding carboxylic acids is 1. The summed E-state index contributed by atoms with van der Waals surface area (Å²) in [7, 11) is 3.23. The van der Waals surface area contributed by atoms with Crippen molar-refractivity contribution < 1.29 is 18.0 Å². The van der Waals surface area contributed by atoms with Crippen molar-refractivity contribution in [2.75, 3.05) is 23.4 Å². The first kappa shape index (κ1) is 25.4. The Labute approximate surface area is 217 Å². The predicted octanol–water partition coefficient (Wildman–Crippen LogP) is 5.06. The molecule has 0 radical (unpaired) electrons. The number of nitrogens with zero attached hydrogens (tertiary/aromatic N) is 7. The van der Waals surface area contributed by atoms with Gasteiger partial charge in [0.1, 0.15) is 11.5 Å². The van der Waals surface area contributed by atoms with Gasteiger partial charge in [0.15, 0.2) is 17.3 Å². The van der Waals surface area contributed by atoms with Crippen molar-refractivity contribution in [2.24, 2.45) is 7.05 Å². The van der Waals surface area contributed by atoms with Crippen molar-refractivity contribution in [3.05, 3.63) is 71.9 Å². The number of carbonyl (C=O) groups is 1. The number of aryl methyl sites for hydroxylation is 1. The number of likely N-dealkylation sites (N-methyl/N-ethyl adjacent to an activating group) is 1. The molecule has 196 valence electrons. The van der Waals surface area contributed by atoms with Crippen LogP contribution in [-0.2, 0) is 24.6 Å². The molecule has 0 saturated heterocycles. The van der Waals surface area contributed by atoms with Crippen molar-refractivity contribution in [3.8, 4) is 22.8 Å². The Kier molecular flexibility index (Phi) is 6.38. The molecular formula is C27H26F3N7O. The first-order chi connectivity index (χ1) is 18.0. The molecule has 38 heavy (non-hydrogen) atoms. The Morgan fingerprint density at radius 2 is 1.76 bits per heavy atom. The molecule has 1 aliphatic rings. The molecule has 0 fully saturated rings. The van der Waals surface area contributed by atoms with E-state index < -0.39 is 11.9 Å². The minimum Gasteiger partial charge on any atom is -0.341 e. The fraction of sp³-hybridized carbons (Fsp3) is 0.296. The molecule has 0 saturated carbocycles. The summed E-state index contributed by atoms with van der Waals surface area (Å²) in [5.41, 5.74) is 2.82. The quantitative estimate of drug-likeness (QED) is 0.365. The molecule has 0 bridgehead atoms. The van der Waals surface area contributed by atoms with E-state index in [1.807, 2.05) is 29.2 Å². The molecular weight excluding hydrogens is 495 g/mol. The Morgan fingerprint density at radius 1 is 1.03 bits per heavy atom. The number of fused-ring (bicyclic) bond motifs is 1. The van der Waals surface area contributed by atoms with Crippen LogP contribution in [0.2, 0.25) is 0 Å². The first-order valence-electron chi connectivity index (χ1n) is 12.1. The van der Waals surface area contributed by atoms with Crippen LogP contribution in [0.15, 0.2) is 55.0 Å². The minimum atomic E-state index is -4.51. The number of pyridine rings is 1. The number of imidazole rings is 1. The van der Waals surface area contributed by atoms with Gasteiger partial charge in [-0.15, -0.1) is 0 Å². The van der Waals surface area contributed by atoms with Crippen LogP contribution >= 0.6 is 0 Å². The monoisotopic (exact) mass is 521 g/mol. The van der Waals surface area contributed by atoms with Gasteiger partial charge in [0.25, 0.3) is 0 Å². The molecule has 3 aromatic heterocycles. The number of hydrogen-bond donors (Lipinski definition) is 0. The topological polar surface area (TPSA) is 80.0 Å². The van der Waals surface area contributed by atoms with E-state index in [9.17, 15) is 18.0 Å². The van der Waals surface area contributed by atoms with E-state index >= 15 is 0 Å². The Hall–Kier alpha value is -4.28. The van der Waals surface area contributed by atoms with E-state index in [1.165, 1.54) is 11.6 Å². The van der Waals surface area contributed by atoms with Crippen molar-refractivity contribution in [1.82, 2.24) is 24.5 Å². The number of alkyl halides is 3. The standard InChI is InChI=1S/C27H26F3N7O/c1-16(2)23-19(6-5-11-31-23)24-32-12-20-26(34-24)37(15-22(38)36(20)4)13-17-7-9-18(10-8-17)25-33-21(14-35(25)3)27(28,29)30/h5-12,14,16H,13,15H2,1-4H3. The van der Waals surface area contributed by atoms with Gasteiger partial charge in [-0.1, -0.05) is 38.1 Å². The summed E-state index contributed by atoms with van der Waals surface area (Å²) in [5, 5.41) is 0.